The zero-order chi connectivity index (χ0) is 19.3. The maximum atomic E-state index is 12.9. The van der Waals surface area contributed by atoms with Gasteiger partial charge in [0.05, 0.1) is 35.9 Å². The molecule has 0 saturated heterocycles. The topological polar surface area (TPSA) is 127 Å². The quantitative estimate of drug-likeness (QED) is 0.440. The average Bonchev–Trinajstić information content (AvgIpc) is 3.46. The minimum absolute atomic E-state index is 0.0541. The molecular formula is C16H14N8O2S2. The van der Waals surface area contributed by atoms with E-state index in [0.717, 1.165) is 26.4 Å². The van der Waals surface area contributed by atoms with E-state index in [0.29, 0.717) is 22.6 Å². The van der Waals surface area contributed by atoms with E-state index in [9.17, 15) is 4.79 Å². The van der Waals surface area contributed by atoms with Crippen LogP contribution in [0.3, 0.4) is 0 Å². The minimum Gasteiger partial charge on any atom is -0.389 e. The summed E-state index contributed by atoms with van der Waals surface area (Å²) in [6.07, 6.45) is 3.86. The number of hydrogen-bond donors (Lipinski definition) is 2. The molecule has 5 aromatic heterocycles. The van der Waals surface area contributed by atoms with Gasteiger partial charge in [-0.3, -0.25) is 4.79 Å². The number of aryl methyl sites for hydroxylation is 1. The summed E-state index contributed by atoms with van der Waals surface area (Å²) in [4.78, 5) is 22.0. The SMILES string of the molecule is Cn1c2nc(Cc3csc(CO)n3)sc2c2cnn(Cc3cn[nH]n3)c(=O)c21. The summed E-state index contributed by atoms with van der Waals surface area (Å²) in [6.45, 7) is 0.196. The van der Waals surface area contributed by atoms with Gasteiger partial charge in [-0.1, -0.05) is 0 Å². The summed E-state index contributed by atoms with van der Waals surface area (Å²) in [5.74, 6) is 0. The lowest BCUT2D eigenvalue weighted by Crippen LogP contribution is -2.24. The first-order valence-electron chi connectivity index (χ1n) is 8.36. The van der Waals surface area contributed by atoms with Crippen molar-refractivity contribution in [2.45, 2.75) is 19.6 Å². The molecule has 0 aliphatic heterocycles. The third kappa shape index (κ3) is 2.73. The highest BCUT2D eigenvalue weighted by Crippen LogP contribution is 2.31. The Hall–Kier alpha value is -2.96. The zero-order valence-electron chi connectivity index (χ0n) is 14.7. The normalized spacial score (nSPS) is 11.8. The number of nitrogens with zero attached hydrogens (tertiary/aromatic N) is 7. The summed E-state index contributed by atoms with van der Waals surface area (Å²) in [5.41, 5.74) is 2.64. The van der Waals surface area contributed by atoms with Gasteiger partial charge in [0.2, 0.25) is 0 Å². The Labute approximate surface area is 165 Å². The van der Waals surface area contributed by atoms with Crippen molar-refractivity contribution in [2.24, 2.45) is 7.05 Å². The van der Waals surface area contributed by atoms with Crippen LogP contribution in [0.5, 0.6) is 0 Å². The number of rotatable bonds is 5. The highest BCUT2D eigenvalue weighted by Gasteiger charge is 2.19. The van der Waals surface area contributed by atoms with Gasteiger partial charge in [-0.15, -0.1) is 22.7 Å². The van der Waals surface area contributed by atoms with Gasteiger partial charge in [-0.05, 0) is 0 Å². The van der Waals surface area contributed by atoms with E-state index in [1.165, 1.54) is 27.4 Å². The number of thiazole rings is 2. The highest BCUT2D eigenvalue weighted by molar-refractivity contribution is 7.19. The molecule has 0 saturated carbocycles. The fraction of sp³-hybridized carbons (Fsp3) is 0.250. The summed E-state index contributed by atoms with van der Waals surface area (Å²) in [5, 5.41) is 28.0. The van der Waals surface area contributed by atoms with Gasteiger partial charge in [0.15, 0.2) is 5.65 Å². The lowest BCUT2D eigenvalue weighted by atomic mass is 10.3. The van der Waals surface area contributed by atoms with Crippen molar-refractivity contribution in [3.63, 3.8) is 0 Å². The van der Waals surface area contributed by atoms with E-state index >= 15 is 0 Å². The van der Waals surface area contributed by atoms with Gasteiger partial charge in [0.1, 0.15) is 21.2 Å². The molecule has 0 spiro atoms. The number of aromatic nitrogens is 8. The Morgan fingerprint density at radius 3 is 2.86 bits per heavy atom. The van der Waals surface area contributed by atoms with Crippen LogP contribution in [0.15, 0.2) is 22.6 Å². The van der Waals surface area contributed by atoms with E-state index in [4.69, 9.17) is 10.1 Å². The van der Waals surface area contributed by atoms with Crippen molar-refractivity contribution in [1.29, 1.82) is 0 Å². The van der Waals surface area contributed by atoms with Crippen LogP contribution < -0.4 is 5.56 Å². The fourth-order valence-corrected chi connectivity index (χ4v) is 4.91. The predicted octanol–water partition coefficient (Wildman–Crippen LogP) is 1.05. The molecule has 0 aliphatic rings. The van der Waals surface area contributed by atoms with Crippen molar-refractivity contribution in [2.75, 3.05) is 0 Å². The maximum Gasteiger partial charge on any atom is 0.291 e. The van der Waals surface area contributed by atoms with Crippen LogP contribution >= 0.6 is 22.7 Å². The number of aliphatic hydroxyl groups excluding tert-OH is 1. The first-order chi connectivity index (χ1) is 13.6. The highest BCUT2D eigenvalue weighted by atomic mass is 32.1. The van der Waals surface area contributed by atoms with Crippen molar-refractivity contribution < 1.29 is 5.11 Å². The van der Waals surface area contributed by atoms with E-state index in [-0.39, 0.29) is 18.7 Å². The second kappa shape index (κ2) is 6.58. The largest absolute Gasteiger partial charge is 0.389 e. The van der Waals surface area contributed by atoms with Crippen molar-refractivity contribution >= 4 is 43.9 Å². The molecule has 0 atom stereocenters. The molecule has 0 fully saturated rings. The molecular weight excluding hydrogens is 400 g/mol. The van der Waals surface area contributed by atoms with E-state index in [1.807, 2.05) is 17.0 Å². The molecule has 2 N–H and O–H groups in total. The van der Waals surface area contributed by atoms with Crippen LogP contribution in [0.25, 0.3) is 21.3 Å². The molecule has 142 valence electrons. The van der Waals surface area contributed by atoms with Crippen LogP contribution in [-0.2, 0) is 26.6 Å². The first-order valence-corrected chi connectivity index (χ1v) is 10.1. The maximum absolute atomic E-state index is 12.9. The molecule has 0 amide bonds. The average molecular weight is 414 g/mol. The molecule has 5 heterocycles. The van der Waals surface area contributed by atoms with Gasteiger partial charge in [-0.2, -0.15) is 20.5 Å². The molecule has 0 radical (unpaired) electrons. The second-order valence-corrected chi connectivity index (χ2v) is 8.24. The Bertz CT molecular complexity index is 1340. The third-order valence-electron chi connectivity index (χ3n) is 4.41. The van der Waals surface area contributed by atoms with Crippen LogP contribution in [0.2, 0.25) is 0 Å². The molecule has 5 aromatic rings. The minimum atomic E-state index is -0.193. The zero-order valence-corrected chi connectivity index (χ0v) is 16.3. The summed E-state index contributed by atoms with van der Waals surface area (Å²) in [6, 6.07) is 0. The number of fused-ring (bicyclic) bond motifs is 3. The number of H-pyrrole nitrogens is 1. The number of hydrogen-bond acceptors (Lipinski definition) is 9. The second-order valence-electron chi connectivity index (χ2n) is 6.22. The van der Waals surface area contributed by atoms with Crippen molar-refractivity contribution in [3.8, 4) is 0 Å². The molecule has 28 heavy (non-hydrogen) atoms. The predicted molar refractivity (Wildman–Crippen MR) is 104 cm³/mol. The molecule has 12 heteroatoms. The van der Waals surface area contributed by atoms with Crippen LogP contribution in [0, 0.1) is 0 Å². The Balaban J connectivity index is 1.56. The molecule has 0 bridgehead atoms. The summed E-state index contributed by atoms with van der Waals surface area (Å²) < 4.78 is 4.12. The Morgan fingerprint density at radius 1 is 1.21 bits per heavy atom. The van der Waals surface area contributed by atoms with Gasteiger partial charge >= 0.3 is 0 Å². The van der Waals surface area contributed by atoms with Crippen LogP contribution in [-0.4, -0.2) is 44.8 Å². The first kappa shape index (κ1) is 17.2. The van der Waals surface area contributed by atoms with Crippen molar-refractivity contribution in [1.82, 2.24) is 39.7 Å². The van der Waals surface area contributed by atoms with E-state index in [1.54, 1.807) is 12.4 Å². The number of aliphatic hydroxyl groups is 1. The van der Waals surface area contributed by atoms with Gasteiger partial charge in [0.25, 0.3) is 5.56 Å². The molecule has 0 aliphatic carbocycles. The van der Waals surface area contributed by atoms with Crippen LogP contribution in [0.4, 0.5) is 0 Å². The third-order valence-corrected chi connectivity index (χ3v) is 6.37. The monoisotopic (exact) mass is 414 g/mol. The smallest absolute Gasteiger partial charge is 0.291 e. The summed E-state index contributed by atoms with van der Waals surface area (Å²) >= 11 is 2.97. The molecule has 0 unspecified atom stereocenters. The standard InChI is InChI=1S/C16H14N8O2S2/c1-23-13-10(4-18-24(16(13)26)5-9-3-17-22-21-9)14-15(23)20-11(28-14)2-8-7-27-12(6-25)19-8/h3-4,7,25H,2,5-6H2,1H3,(H,17,21,22). The number of nitrogens with one attached hydrogen (secondary N) is 1. The van der Waals surface area contributed by atoms with Gasteiger partial charge in [-0.25, -0.2) is 14.6 Å². The lowest BCUT2D eigenvalue weighted by molar-refractivity contribution is 0.281. The molecule has 10 nitrogen and oxygen atoms in total. The van der Waals surface area contributed by atoms with E-state index in [2.05, 4.69) is 25.5 Å². The van der Waals surface area contributed by atoms with Gasteiger partial charge < -0.3 is 9.67 Å². The fourth-order valence-electron chi connectivity index (χ4n) is 3.13. The lowest BCUT2D eigenvalue weighted by Gasteiger charge is -2.03. The molecule has 0 aromatic carbocycles. The molecule has 5 rings (SSSR count). The Morgan fingerprint density at radius 2 is 2.11 bits per heavy atom. The van der Waals surface area contributed by atoms with Gasteiger partial charge in [0, 0.05) is 24.2 Å². The van der Waals surface area contributed by atoms with Crippen LogP contribution in [0.1, 0.15) is 21.4 Å². The van der Waals surface area contributed by atoms with Crippen molar-refractivity contribution in [3.05, 3.63) is 49.5 Å². The summed E-state index contributed by atoms with van der Waals surface area (Å²) in [7, 11) is 1.84. The number of aromatic amines is 1. The van der Waals surface area contributed by atoms with E-state index < -0.39 is 0 Å². The Kier molecular flexibility index (Phi) is 4.03.